The molecule has 6 nitrogen and oxygen atoms in total. The summed E-state index contributed by atoms with van der Waals surface area (Å²) in [6.45, 7) is 0. The van der Waals surface area contributed by atoms with Crippen molar-refractivity contribution < 1.29 is 9.53 Å². The van der Waals surface area contributed by atoms with Crippen LogP contribution in [0.1, 0.15) is 5.69 Å². The van der Waals surface area contributed by atoms with Crippen molar-refractivity contribution in [2.24, 2.45) is 0 Å². The second-order valence-electron chi connectivity index (χ2n) is 6.12. The number of aromatic nitrogens is 3. The summed E-state index contributed by atoms with van der Waals surface area (Å²) in [4.78, 5) is 25.4. The molecule has 3 aromatic heterocycles. The van der Waals surface area contributed by atoms with E-state index >= 15 is 0 Å². The number of rotatable bonds is 6. The van der Waals surface area contributed by atoms with Crippen molar-refractivity contribution >= 4 is 46.1 Å². The van der Waals surface area contributed by atoms with Crippen molar-refractivity contribution in [3.63, 3.8) is 0 Å². The lowest BCUT2D eigenvalue weighted by Gasteiger charge is -2.12. The molecule has 0 aliphatic carbocycles. The Morgan fingerprint density at radius 1 is 1.10 bits per heavy atom. The van der Waals surface area contributed by atoms with Crippen molar-refractivity contribution in [3.05, 3.63) is 82.0 Å². The molecule has 0 saturated carbocycles. The normalized spacial score (nSPS) is 10.6. The lowest BCUT2D eigenvalue weighted by atomic mass is 10.2. The summed E-state index contributed by atoms with van der Waals surface area (Å²) in [5.41, 5.74) is 1.94. The van der Waals surface area contributed by atoms with E-state index in [1.807, 2.05) is 23.6 Å². The number of carbonyl (C=O) groups excluding carboxylic acids is 1. The van der Waals surface area contributed by atoms with Gasteiger partial charge in [0, 0.05) is 17.8 Å². The zero-order valence-electron chi connectivity index (χ0n) is 15.4. The minimum Gasteiger partial charge on any atom is -0.435 e. The van der Waals surface area contributed by atoms with Crippen LogP contribution in [0.4, 0.5) is 5.69 Å². The summed E-state index contributed by atoms with van der Waals surface area (Å²) in [6.07, 6.45) is 3.27. The number of anilines is 1. The van der Waals surface area contributed by atoms with Crippen LogP contribution in [-0.4, -0.2) is 20.9 Å². The van der Waals surface area contributed by atoms with Crippen LogP contribution in [0.5, 0.6) is 11.6 Å². The molecular weight excluding hydrogens is 443 g/mol. The highest BCUT2D eigenvalue weighted by Crippen LogP contribution is 2.33. The number of hydrogen-bond acceptors (Lipinski definition) is 6. The Morgan fingerprint density at radius 3 is 2.73 bits per heavy atom. The fourth-order valence-corrected chi connectivity index (χ4v) is 3.81. The van der Waals surface area contributed by atoms with Gasteiger partial charge in [-0.3, -0.25) is 9.78 Å². The first-order valence-corrected chi connectivity index (χ1v) is 10.5. The lowest BCUT2D eigenvalue weighted by molar-refractivity contribution is -0.115. The Labute approximate surface area is 186 Å². The van der Waals surface area contributed by atoms with Gasteiger partial charge >= 0.3 is 0 Å². The van der Waals surface area contributed by atoms with E-state index in [1.165, 1.54) is 23.6 Å². The van der Waals surface area contributed by atoms with Gasteiger partial charge in [0.1, 0.15) is 10.0 Å². The van der Waals surface area contributed by atoms with Crippen molar-refractivity contribution in [3.8, 4) is 22.3 Å². The molecule has 150 valence electrons. The Balaban J connectivity index is 1.46. The number of benzene rings is 1. The molecule has 9 heteroatoms. The van der Waals surface area contributed by atoms with Crippen LogP contribution >= 0.6 is 34.5 Å². The van der Waals surface area contributed by atoms with Gasteiger partial charge in [0.05, 0.1) is 28.5 Å². The van der Waals surface area contributed by atoms with Crippen LogP contribution in [0, 0.1) is 0 Å². The molecule has 4 rings (SSSR count). The zero-order chi connectivity index (χ0) is 20.9. The quantitative estimate of drug-likeness (QED) is 0.391. The summed E-state index contributed by atoms with van der Waals surface area (Å²) in [6, 6.07) is 14.2. The number of carbonyl (C=O) groups is 1. The highest BCUT2D eigenvalue weighted by Gasteiger charge is 2.14. The summed E-state index contributed by atoms with van der Waals surface area (Å²) >= 11 is 13.4. The Morgan fingerprint density at radius 2 is 1.93 bits per heavy atom. The van der Waals surface area contributed by atoms with Gasteiger partial charge in [-0.1, -0.05) is 41.4 Å². The van der Waals surface area contributed by atoms with Crippen molar-refractivity contribution in [1.29, 1.82) is 0 Å². The summed E-state index contributed by atoms with van der Waals surface area (Å²) in [5, 5.41) is 6.14. The number of amides is 1. The van der Waals surface area contributed by atoms with Gasteiger partial charge in [0.15, 0.2) is 5.75 Å². The predicted molar refractivity (Wildman–Crippen MR) is 118 cm³/mol. The fraction of sp³-hybridized carbons (Fsp3) is 0.0476. The highest BCUT2D eigenvalue weighted by molar-refractivity contribution is 7.13. The van der Waals surface area contributed by atoms with Crippen LogP contribution in [0.15, 0.2) is 66.3 Å². The molecule has 0 atom stereocenters. The monoisotopic (exact) mass is 456 g/mol. The average molecular weight is 457 g/mol. The third-order valence-corrected chi connectivity index (χ3v) is 5.31. The van der Waals surface area contributed by atoms with E-state index in [1.54, 1.807) is 30.5 Å². The maximum atomic E-state index is 12.6. The van der Waals surface area contributed by atoms with Crippen LogP contribution in [0.3, 0.4) is 0 Å². The summed E-state index contributed by atoms with van der Waals surface area (Å²) in [7, 11) is 0. The lowest BCUT2D eigenvalue weighted by Crippen LogP contribution is -2.15. The van der Waals surface area contributed by atoms with E-state index < -0.39 is 0 Å². The molecule has 0 saturated heterocycles. The molecule has 0 aliphatic heterocycles. The summed E-state index contributed by atoms with van der Waals surface area (Å²) in [5.74, 6) is 0.386. The standard InChI is InChI=1S/C21H14Cl2N4O2S/c22-13-9-15(23)20(25-11-13)29-18-7-2-1-5-16(18)27-19(28)10-14-12-30-21(26-14)17-6-3-4-8-24-17/h1-9,11-12H,10H2,(H,27,28). The molecule has 30 heavy (non-hydrogen) atoms. The number of ether oxygens (including phenoxy) is 1. The molecule has 0 unspecified atom stereocenters. The van der Waals surface area contributed by atoms with Crippen molar-refractivity contribution in [2.75, 3.05) is 5.32 Å². The third-order valence-electron chi connectivity index (χ3n) is 3.92. The van der Waals surface area contributed by atoms with E-state index in [4.69, 9.17) is 27.9 Å². The van der Waals surface area contributed by atoms with Gasteiger partial charge in [-0.15, -0.1) is 11.3 Å². The van der Waals surface area contributed by atoms with E-state index in [9.17, 15) is 4.79 Å². The number of pyridine rings is 2. The maximum Gasteiger partial charge on any atom is 0.238 e. The molecule has 0 bridgehead atoms. The first kappa shape index (κ1) is 20.3. The molecule has 0 spiro atoms. The topological polar surface area (TPSA) is 77.0 Å². The van der Waals surface area contributed by atoms with Crippen LogP contribution in [-0.2, 0) is 11.2 Å². The smallest absolute Gasteiger partial charge is 0.238 e. The molecule has 4 aromatic rings. The number of halogens is 2. The number of nitrogens with zero attached hydrogens (tertiary/aromatic N) is 3. The van der Waals surface area contributed by atoms with Gasteiger partial charge in [0.2, 0.25) is 11.8 Å². The minimum absolute atomic E-state index is 0.123. The van der Waals surface area contributed by atoms with Gasteiger partial charge in [-0.25, -0.2) is 9.97 Å². The largest absolute Gasteiger partial charge is 0.435 e. The fourth-order valence-electron chi connectivity index (χ4n) is 2.59. The molecule has 0 aliphatic rings. The van der Waals surface area contributed by atoms with Crippen molar-refractivity contribution in [2.45, 2.75) is 6.42 Å². The maximum absolute atomic E-state index is 12.6. The number of nitrogens with one attached hydrogen (secondary N) is 1. The highest BCUT2D eigenvalue weighted by atomic mass is 35.5. The molecule has 1 aromatic carbocycles. The van der Waals surface area contributed by atoms with Crippen LogP contribution in [0.2, 0.25) is 10.0 Å². The van der Waals surface area contributed by atoms with Crippen molar-refractivity contribution in [1.82, 2.24) is 15.0 Å². The van der Waals surface area contributed by atoms with Crippen LogP contribution in [0.25, 0.3) is 10.7 Å². The third kappa shape index (κ3) is 4.94. The number of thiazole rings is 1. The van der Waals surface area contributed by atoms with E-state index in [0.29, 0.717) is 22.2 Å². The average Bonchev–Trinajstić information content (AvgIpc) is 3.20. The van der Waals surface area contributed by atoms with Gasteiger partial charge < -0.3 is 10.1 Å². The number of hydrogen-bond donors (Lipinski definition) is 1. The molecule has 1 amide bonds. The second kappa shape index (κ2) is 9.21. The summed E-state index contributed by atoms with van der Waals surface area (Å²) < 4.78 is 5.77. The Hall–Kier alpha value is -3.00. The SMILES string of the molecule is O=C(Cc1csc(-c2ccccn2)n1)Nc1ccccc1Oc1ncc(Cl)cc1Cl. The Bertz CT molecular complexity index is 1180. The van der Waals surface area contributed by atoms with Crippen LogP contribution < -0.4 is 10.1 Å². The predicted octanol–water partition coefficient (Wildman–Crippen LogP) is 5.88. The molecule has 1 N–H and O–H groups in total. The van der Waals surface area contributed by atoms with Gasteiger partial charge in [-0.05, 0) is 30.3 Å². The number of para-hydroxylation sites is 2. The Kier molecular flexibility index (Phi) is 6.23. The first-order valence-electron chi connectivity index (χ1n) is 8.82. The van der Waals surface area contributed by atoms with Gasteiger partial charge in [-0.2, -0.15) is 0 Å². The molecule has 3 heterocycles. The second-order valence-corrected chi connectivity index (χ2v) is 7.82. The molecule has 0 fully saturated rings. The van der Waals surface area contributed by atoms with E-state index in [2.05, 4.69) is 20.3 Å². The van der Waals surface area contributed by atoms with E-state index in [0.717, 1.165) is 10.7 Å². The molecule has 0 radical (unpaired) electrons. The molecular formula is C21H14Cl2N4O2S. The first-order chi connectivity index (χ1) is 14.6. The zero-order valence-corrected chi connectivity index (χ0v) is 17.7. The van der Waals surface area contributed by atoms with Gasteiger partial charge in [0.25, 0.3) is 0 Å². The van der Waals surface area contributed by atoms with E-state index in [-0.39, 0.29) is 23.2 Å². The minimum atomic E-state index is -0.223.